The lowest BCUT2D eigenvalue weighted by molar-refractivity contribution is 0.0846. The van der Waals surface area contributed by atoms with Crippen LogP contribution in [0.5, 0.6) is 0 Å². The van der Waals surface area contributed by atoms with Gasteiger partial charge in [0.15, 0.2) is 0 Å². The summed E-state index contributed by atoms with van der Waals surface area (Å²) >= 11 is 3.22. The minimum Gasteiger partial charge on any atom is -0.267 e. The maximum atomic E-state index is 12.4. The van der Waals surface area contributed by atoms with Gasteiger partial charge in [0.1, 0.15) is 0 Å². The molecule has 0 spiro atoms. The van der Waals surface area contributed by atoms with Crippen molar-refractivity contribution in [1.29, 1.82) is 0 Å². The van der Waals surface area contributed by atoms with Gasteiger partial charge in [0.25, 0.3) is 11.8 Å². The van der Waals surface area contributed by atoms with Crippen molar-refractivity contribution in [3.8, 4) is 0 Å². The molecule has 0 aromatic heterocycles. The van der Waals surface area contributed by atoms with Crippen molar-refractivity contribution in [3.05, 3.63) is 64.1 Å². The van der Waals surface area contributed by atoms with Crippen LogP contribution >= 0.6 is 15.9 Å². The van der Waals surface area contributed by atoms with Crippen LogP contribution in [0.25, 0.3) is 0 Å². The molecular weight excluding hydrogens is 422 g/mol. The SMILES string of the molecule is O=C(NNC(=O)c1ccc(S(=O)(=O)C(F)F)cc1)c1ccc(Br)cc1. The Morgan fingerprint density at radius 3 is 1.64 bits per heavy atom. The first-order valence-corrected chi connectivity index (χ1v) is 9.04. The van der Waals surface area contributed by atoms with Gasteiger partial charge in [-0.25, -0.2) is 8.42 Å². The molecule has 0 saturated heterocycles. The minimum atomic E-state index is -4.72. The number of nitrogens with one attached hydrogen (secondary N) is 2. The Hall–Kier alpha value is -2.33. The van der Waals surface area contributed by atoms with E-state index in [0.717, 1.165) is 28.7 Å². The maximum absolute atomic E-state index is 12.4. The van der Waals surface area contributed by atoms with Crippen molar-refractivity contribution in [1.82, 2.24) is 10.9 Å². The fourth-order valence-electron chi connectivity index (χ4n) is 1.76. The number of amides is 2. The Morgan fingerprint density at radius 2 is 1.24 bits per heavy atom. The van der Waals surface area contributed by atoms with Crippen molar-refractivity contribution in [2.45, 2.75) is 10.7 Å². The fraction of sp³-hybridized carbons (Fsp3) is 0.0667. The molecule has 2 rings (SSSR count). The molecule has 10 heteroatoms. The lowest BCUT2D eigenvalue weighted by Gasteiger charge is -2.08. The van der Waals surface area contributed by atoms with Gasteiger partial charge >= 0.3 is 5.76 Å². The summed E-state index contributed by atoms with van der Waals surface area (Å²) in [6.07, 6.45) is 0. The number of hydrazine groups is 1. The van der Waals surface area contributed by atoms with E-state index in [0.29, 0.717) is 5.56 Å². The smallest absolute Gasteiger partial charge is 0.267 e. The van der Waals surface area contributed by atoms with Crippen LogP contribution in [0.3, 0.4) is 0 Å². The zero-order valence-electron chi connectivity index (χ0n) is 12.4. The number of hydrogen-bond acceptors (Lipinski definition) is 4. The van der Waals surface area contributed by atoms with Crippen LogP contribution in [-0.2, 0) is 9.84 Å². The lowest BCUT2D eigenvalue weighted by atomic mass is 10.2. The van der Waals surface area contributed by atoms with Crippen LogP contribution in [0.1, 0.15) is 20.7 Å². The number of carbonyl (C=O) groups is 2. The van der Waals surface area contributed by atoms with Gasteiger partial charge in [-0.2, -0.15) is 8.78 Å². The predicted molar refractivity (Wildman–Crippen MR) is 88.7 cm³/mol. The van der Waals surface area contributed by atoms with Gasteiger partial charge in [0.2, 0.25) is 9.84 Å². The van der Waals surface area contributed by atoms with Crippen molar-refractivity contribution >= 4 is 37.6 Å². The Bertz CT molecular complexity index is 885. The summed E-state index contributed by atoms with van der Waals surface area (Å²) in [5, 5.41) is 0. The molecule has 25 heavy (non-hydrogen) atoms. The van der Waals surface area contributed by atoms with Crippen molar-refractivity contribution in [2.75, 3.05) is 0 Å². The Labute approximate surface area is 150 Å². The second kappa shape index (κ2) is 7.70. The highest BCUT2D eigenvalue weighted by molar-refractivity contribution is 9.10. The number of alkyl halides is 2. The Kier molecular flexibility index (Phi) is 5.85. The molecule has 2 aromatic carbocycles. The van der Waals surface area contributed by atoms with Crippen LogP contribution in [0.4, 0.5) is 8.78 Å². The number of rotatable bonds is 4. The fourth-order valence-corrected chi connectivity index (χ4v) is 2.74. The van der Waals surface area contributed by atoms with E-state index >= 15 is 0 Å². The third-order valence-electron chi connectivity index (χ3n) is 3.08. The Morgan fingerprint density at radius 1 is 0.840 bits per heavy atom. The summed E-state index contributed by atoms with van der Waals surface area (Å²) in [5.74, 6) is -4.83. The quantitative estimate of drug-likeness (QED) is 0.725. The number of halogens is 3. The molecule has 0 atom stereocenters. The van der Waals surface area contributed by atoms with E-state index in [9.17, 15) is 26.8 Å². The molecule has 0 unspecified atom stereocenters. The van der Waals surface area contributed by atoms with Crippen LogP contribution in [0.2, 0.25) is 0 Å². The Balaban J connectivity index is 2.01. The molecule has 2 N–H and O–H groups in total. The maximum Gasteiger partial charge on any atom is 0.341 e. The van der Waals surface area contributed by atoms with E-state index in [-0.39, 0.29) is 5.56 Å². The molecule has 0 heterocycles. The van der Waals surface area contributed by atoms with Gasteiger partial charge in [0.05, 0.1) is 4.90 Å². The van der Waals surface area contributed by atoms with E-state index in [1.54, 1.807) is 12.1 Å². The van der Waals surface area contributed by atoms with Gasteiger partial charge in [-0.3, -0.25) is 20.4 Å². The number of hydrogen-bond donors (Lipinski definition) is 2. The van der Waals surface area contributed by atoms with Gasteiger partial charge in [-0.05, 0) is 48.5 Å². The second-order valence-electron chi connectivity index (χ2n) is 4.75. The summed E-state index contributed by atoms with van der Waals surface area (Å²) in [6.45, 7) is 0. The van der Waals surface area contributed by atoms with Crippen LogP contribution in [-0.4, -0.2) is 26.0 Å². The predicted octanol–water partition coefficient (Wildman–Crippen LogP) is 2.52. The van der Waals surface area contributed by atoms with Crippen molar-refractivity contribution in [3.63, 3.8) is 0 Å². The normalized spacial score (nSPS) is 11.2. The van der Waals surface area contributed by atoms with Gasteiger partial charge < -0.3 is 0 Å². The van der Waals surface area contributed by atoms with E-state index < -0.39 is 32.3 Å². The molecule has 2 aromatic rings. The van der Waals surface area contributed by atoms with E-state index in [1.165, 1.54) is 12.1 Å². The molecule has 132 valence electrons. The molecule has 0 bridgehead atoms. The molecule has 2 amide bonds. The zero-order valence-corrected chi connectivity index (χ0v) is 14.8. The van der Waals surface area contributed by atoms with Crippen LogP contribution in [0, 0.1) is 0 Å². The highest BCUT2D eigenvalue weighted by Gasteiger charge is 2.26. The molecule has 6 nitrogen and oxygen atoms in total. The first-order chi connectivity index (χ1) is 11.7. The molecule has 0 aliphatic heterocycles. The second-order valence-corrected chi connectivity index (χ2v) is 7.58. The molecule has 0 saturated carbocycles. The monoisotopic (exact) mass is 432 g/mol. The van der Waals surface area contributed by atoms with Crippen molar-refractivity contribution in [2.24, 2.45) is 0 Å². The number of carbonyl (C=O) groups excluding carboxylic acids is 2. The lowest BCUT2D eigenvalue weighted by Crippen LogP contribution is -2.41. The third-order valence-corrected chi connectivity index (χ3v) is 5.00. The highest BCUT2D eigenvalue weighted by atomic mass is 79.9. The van der Waals surface area contributed by atoms with Crippen molar-refractivity contribution < 1.29 is 26.8 Å². The number of benzene rings is 2. The minimum absolute atomic E-state index is 0.00989. The first-order valence-electron chi connectivity index (χ1n) is 6.70. The van der Waals surface area contributed by atoms with Crippen LogP contribution < -0.4 is 10.9 Å². The van der Waals surface area contributed by atoms with E-state index in [4.69, 9.17) is 0 Å². The molecule has 0 aliphatic rings. The molecular formula is C15H11BrF2N2O4S. The van der Waals surface area contributed by atoms with Crippen LogP contribution in [0.15, 0.2) is 57.9 Å². The third kappa shape index (κ3) is 4.60. The van der Waals surface area contributed by atoms with Gasteiger partial charge in [-0.15, -0.1) is 0 Å². The number of sulfone groups is 1. The van der Waals surface area contributed by atoms with E-state index in [1.807, 2.05) is 0 Å². The van der Waals surface area contributed by atoms with E-state index in [2.05, 4.69) is 26.8 Å². The summed E-state index contributed by atoms with van der Waals surface area (Å²) < 4.78 is 48.3. The van der Waals surface area contributed by atoms with Gasteiger partial charge in [-0.1, -0.05) is 15.9 Å². The molecule has 0 fully saturated rings. The average Bonchev–Trinajstić information content (AvgIpc) is 2.60. The standard InChI is InChI=1S/C15H11BrF2N2O4S/c16-11-5-1-9(2-6-11)13(21)19-20-14(22)10-3-7-12(8-4-10)25(23,24)15(17)18/h1-8,15H,(H,19,21)(H,20,22). The summed E-state index contributed by atoms with van der Waals surface area (Å²) in [7, 11) is -4.72. The average molecular weight is 433 g/mol. The summed E-state index contributed by atoms with van der Waals surface area (Å²) in [5.41, 5.74) is 4.63. The highest BCUT2D eigenvalue weighted by Crippen LogP contribution is 2.18. The molecule has 0 radical (unpaired) electrons. The molecule has 0 aliphatic carbocycles. The zero-order chi connectivity index (χ0) is 18.6. The largest absolute Gasteiger partial charge is 0.341 e. The topological polar surface area (TPSA) is 92.3 Å². The summed E-state index contributed by atoms with van der Waals surface area (Å²) in [4.78, 5) is 23.1. The summed E-state index contributed by atoms with van der Waals surface area (Å²) in [6, 6.07) is 10.3. The van der Waals surface area contributed by atoms with Gasteiger partial charge in [0, 0.05) is 15.6 Å². The first kappa shape index (κ1) is 19.0.